The predicted octanol–water partition coefficient (Wildman–Crippen LogP) is 4.57. The van der Waals surface area contributed by atoms with Crippen LogP contribution in [0.5, 0.6) is 0 Å². The molecule has 6 heteroatoms. The molecule has 0 saturated carbocycles. The molecule has 0 N–H and O–H groups in total. The zero-order chi connectivity index (χ0) is 21.6. The van der Waals surface area contributed by atoms with E-state index >= 15 is 0 Å². The van der Waals surface area contributed by atoms with Crippen molar-refractivity contribution >= 4 is 35.3 Å². The molecule has 166 valence electrons. The third-order valence-corrected chi connectivity index (χ3v) is 5.71. The van der Waals surface area contributed by atoms with Crippen molar-refractivity contribution in [1.29, 1.82) is 0 Å². The molecule has 3 heterocycles. The summed E-state index contributed by atoms with van der Waals surface area (Å²) >= 11 is 0. The minimum Gasteiger partial charge on any atom is -0.296 e. The third kappa shape index (κ3) is 8.80. The first-order chi connectivity index (χ1) is 14.6. The van der Waals surface area contributed by atoms with E-state index in [2.05, 4.69) is 37.7 Å². The fraction of sp³-hybridized carbons (Fsp3) is 0.750. The highest BCUT2D eigenvalue weighted by Gasteiger charge is 2.15. The van der Waals surface area contributed by atoms with Gasteiger partial charge in [0.15, 0.2) is 0 Å². The van der Waals surface area contributed by atoms with E-state index in [9.17, 15) is 0 Å². The van der Waals surface area contributed by atoms with E-state index < -0.39 is 0 Å². The minimum atomic E-state index is 0.106. The number of hydrogen-bond donors (Lipinski definition) is 0. The molecule has 0 amide bonds. The van der Waals surface area contributed by atoms with E-state index in [1.807, 2.05) is 12.4 Å². The Morgan fingerprint density at radius 2 is 0.800 bits per heavy atom. The Bertz CT molecular complexity index is 640. The van der Waals surface area contributed by atoms with Gasteiger partial charge in [0.05, 0.1) is 11.8 Å². The molecular formula is C24H40N6. The normalized spacial score (nSPS) is 26.3. The topological polar surface area (TPSA) is 74.2 Å². The molecule has 6 nitrogen and oxygen atoms in total. The Balaban J connectivity index is 2.33. The molecule has 0 saturated heterocycles. The fourth-order valence-electron chi connectivity index (χ4n) is 3.71. The number of rotatable bonds is 0. The van der Waals surface area contributed by atoms with Gasteiger partial charge in [0.25, 0.3) is 0 Å². The van der Waals surface area contributed by atoms with E-state index in [0.717, 1.165) is 87.8 Å². The van der Waals surface area contributed by atoms with Crippen molar-refractivity contribution in [2.45, 2.75) is 66.2 Å². The number of hydrogen-bond acceptors (Lipinski definition) is 6. The van der Waals surface area contributed by atoms with Gasteiger partial charge >= 0.3 is 0 Å². The van der Waals surface area contributed by atoms with Crippen LogP contribution in [0.1, 0.15) is 66.2 Å². The maximum atomic E-state index is 4.85. The first-order valence-corrected chi connectivity index (χ1v) is 11.6. The van der Waals surface area contributed by atoms with Crippen LogP contribution >= 0.6 is 0 Å². The van der Waals surface area contributed by atoms with Gasteiger partial charge in [-0.05, 0) is 53.4 Å². The summed E-state index contributed by atoms with van der Waals surface area (Å²) < 4.78 is 0. The molecule has 0 fully saturated rings. The quantitative estimate of drug-likeness (QED) is 0.559. The van der Waals surface area contributed by atoms with Crippen molar-refractivity contribution in [2.75, 3.05) is 39.3 Å². The van der Waals surface area contributed by atoms with Gasteiger partial charge in [0.1, 0.15) is 0 Å². The van der Waals surface area contributed by atoms with Crippen LogP contribution in [-0.2, 0) is 0 Å². The number of aliphatic imine (C=N–C) groups is 6. The van der Waals surface area contributed by atoms with E-state index in [-0.39, 0.29) is 11.8 Å². The smallest absolute Gasteiger partial charge is 0.0691 e. The monoisotopic (exact) mass is 412 g/mol. The molecule has 3 aliphatic rings. The molecule has 0 aliphatic carbocycles. The molecule has 2 bridgehead atoms. The summed E-state index contributed by atoms with van der Waals surface area (Å²) in [7, 11) is 0. The van der Waals surface area contributed by atoms with Crippen LogP contribution in [0.4, 0.5) is 0 Å². The Kier molecular flexibility index (Phi) is 11.4. The van der Waals surface area contributed by atoms with E-state index in [0.29, 0.717) is 0 Å². The van der Waals surface area contributed by atoms with Gasteiger partial charge < -0.3 is 0 Å². The summed E-state index contributed by atoms with van der Waals surface area (Å²) in [5.74, 6) is 0.211. The van der Waals surface area contributed by atoms with Crippen molar-refractivity contribution in [3.8, 4) is 0 Å². The molecule has 2 unspecified atom stereocenters. The molecular weight excluding hydrogens is 372 g/mol. The molecule has 0 radical (unpaired) electrons. The summed E-state index contributed by atoms with van der Waals surface area (Å²) in [6.45, 7) is 13.3. The maximum Gasteiger partial charge on any atom is 0.0691 e. The molecule has 0 aromatic heterocycles. The molecule has 30 heavy (non-hydrogen) atoms. The summed E-state index contributed by atoms with van der Waals surface area (Å²) in [6.07, 6.45) is 10.6. The lowest BCUT2D eigenvalue weighted by Crippen LogP contribution is -2.23. The SMILES string of the molecule is CC1=NCCCCCCN=C(C)C2C=NCCCN=CC1C(C)=NCCCN=C2C. The second-order valence-corrected chi connectivity index (χ2v) is 8.28. The lowest BCUT2D eigenvalue weighted by Gasteiger charge is -2.14. The second-order valence-electron chi connectivity index (χ2n) is 8.28. The Morgan fingerprint density at radius 3 is 1.20 bits per heavy atom. The molecule has 2 atom stereocenters. The average molecular weight is 413 g/mol. The summed E-state index contributed by atoms with van der Waals surface area (Å²) in [6, 6.07) is 0. The summed E-state index contributed by atoms with van der Waals surface area (Å²) in [5, 5.41) is 0. The van der Waals surface area contributed by atoms with Gasteiger partial charge in [0, 0.05) is 74.5 Å². The Morgan fingerprint density at radius 1 is 0.467 bits per heavy atom. The largest absolute Gasteiger partial charge is 0.296 e. The van der Waals surface area contributed by atoms with Crippen LogP contribution in [0.2, 0.25) is 0 Å². The van der Waals surface area contributed by atoms with E-state index in [4.69, 9.17) is 20.0 Å². The highest BCUT2D eigenvalue weighted by atomic mass is 14.8. The average Bonchev–Trinajstić information content (AvgIpc) is 2.72. The van der Waals surface area contributed by atoms with Crippen LogP contribution < -0.4 is 0 Å². The van der Waals surface area contributed by atoms with Crippen LogP contribution in [0, 0.1) is 11.8 Å². The van der Waals surface area contributed by atoms with Crippen molar-refractivity contribution in [1.82, 2.24) is 0 Å². The van der Waals surface area contributed by atoms with Gasteiger partial charge in [-0.25, -0.2) is 0 Å². The second kappa shape index (κ2) is 14.1. The standard InChI is InChI=1S/C24H40N6/c1-19-23-17-25-11-9-12-26-18-24(22(4)30-16-10-15-29-21(23)3)20(2)28-14-8-6-5-7-13-27-19/h17-18,23-24H,5-16H2,1-4H3. The van der Waals surface area contributed by atoms with Gasteiger partial charge in [-0.3, -0.25) is 30.0 Å². The Hall–Kier alpha value is -1.98. The van der Waals surface area contributed by atoms with Crippen LogP contribution in [0.25, 0.3) is 0 Å². The molecule has 3 aliphatic heterocycles. The molecule has 0 aromatic carbocycles. The first-order valence-electron chi connectivity index (χ1n) is 11.6. The van der Waals surface area contributed by atoms with Crippen molar-refractivity contribution in [3.63, 3.8) is 0 Å². The van der Waals surface area contributed by atoms with Crippen LogP contribution in [-0.4, -0.2) is 74.5 Å². The third-order valence-electron chi connectivity index (χ3n) is 5.71. The van der Waals surface area contributed by atoms with Gasteiger partial charge in [-0.1, -0.05) is 12.8 Å². The highest BCUT2D eigenvalue weighted by Crippen LogP contribution is 2.08. The van der Waals surface area contributed by atoms with Crippen LogP contribution in [0.3, 0.4) is 0 Å². The molecule has 0 spiro atoms. The van der Waals surface area contributed by atoms with Crippen LogP contribution in [0.15, 0.2) is 30.0 Å². The summed E-state index contributed by atoms with van der Waals surface area (Å²) in [4.78, 5) is 28.7. The Labute approximate surface area is 182 Å². The number of fused-ring (bicyclic) bond motifs is 15. The van der Waals surface area contributed by atoms with Crippen molar-refractivity contribution in [3.05, 3.63) is 0 Å². The molecule has 3 rings (SSSR count). The van der Waals surface area contributed by atoms with Crippen molar-refractivity contribution in [2.24, 2.45) is 41.8 Å². The van der Waals surface area contributed by atoms with E-state index in [1.54, 1.807) is 0 Å². The van der Waals surface area contributed by atoms with Gasteiger partial charge in [0.2, 0.25) is 0 Å². The number of nitrogens with zero attached hydrogens (tertiary/aromatic N) is 6. The van der Waals surface area contributed by atoms with E-state index in [1.165, 1.54) is 12.8 Å². The molecule has 0 aromatic rings. The highest BCUT2D eigenvalue weighted by molar-refractivity contribution is 6.17. The fourth-order valence-corrected chi connectivity index (χ4v) is 3.71. The lowest BCUT2D eigenvalue weighted by molar-refractivity contribution is 0.653. The zero-order valence-corrected chi connectivity index (χ0v) is 19.5. The van der Waals surface area contributed by atoms with Crippen molar-refractivity contribution < 1.29 is 0 Å². The minimum absolute atomic E-state index is 0.106. The first kappa shape index (κ1) is 24.3. The predicted molar refractivity (Wildman–Crippen MR) is 133 cm³/mol. The lowest BCUT2D eigenvalue weighted by atomic mass is 10.00. The zero-order valence-electron chi connectivity index (χ0n) is 19.5. The summed E-state index contributed by atoms with van der Waals surface area (Å²) in [5.41, 5.74) is 4.44. The van der Waals surface area contributed by atoms with Gasteiger partial charge in [-0.15, -0.1) is 0 Å². The maximum absolute atomic E-state index is 4.85. The van der Waals surface area contributed by atoms with Gasteiger partial charge in [-0.2, -0.15) is 0 Å².